The van der Waals surface area contributed by atoms with E-state index in [2.05, 4.69) is 10.3 Å². The van der Waals surface area contributed by atoms with Crippen LogP contribution in [0.5, 0.6) is 0 Å². The molecule has 0 amide bonds. The van der Waals surface area contributed by atoms with Gasteiger partial charge in [0, 0.05) is 25.8 Å². The summed E-state index contributed by atoms with van der Waals surface area (Å²) < 4.78 is 26.1. The van der Waals surface area contributed by atoms with Crippen molar-refractivity contribution in [1.29, 1.82) is 0 Å². The van der Waals surface area contributed by atoms with Gasteiger partial charge in [0.25, 0.3) is 10.0 Å². The lowest BCUT2D eigenvalue weighted by Crippen LogP contribution is -2.32. The molecule has 0 aliphatic heterocycles. The van der Waals surface area contributed by atoms with E-state index in [4.69, 9.17) is 0 Å². The number of aromatic nitrogens is 1. The van der Waals surface area contributed by atoms with Gasteiger partial charge in [-0.1, -0.05) is 26.8 Å². The van der Waals surface area contributed by atoms with Gasteiger partial charge in [0.15, 0.2) is 5.03 Å². The van der Waals surface area contributed by atoms with Gasteiger partial charge in [0.05, 0.1) is 0 Å². The Balaban J connectivity index is 2.89. The number of rotatable bonds is 8. The highest BCUT2D eigenvalue weighted by Crippen LogP contribution is 2.13. The minimum Gasteiger partial charge on any atom is -0.313 e. The Morgan fingerprint density at radius 2 is 2.00 bits per heavy atom. The Morgan fingerprint density at radius 3 is 2.47 bits per heavy atom. The number of sulfonamides is 1. The van der Waals surface area contributed by atoms with E-state index in [0.29, 0.717) is 19.6 Å². The first-order valence-corrected chi connectivity index (χ1v) is 8.16. The zero-order chi connectivity index (χ0) is 14.3. The van der Waals surface area contributed by atoms with Crippen molar-refractivity contribution in [2.75, 3.05) is 19.6 Å². The first-order chi connectivity index (χ1) is 9.06. The molecule has 0 fully saturated rings. The van der Waals surface area contributed by atoms with E-state index in [0.717, 1.165) is 18.5 Å². The largest absolute Gasteiger partial charge is 0.313 e. The molecular formula is C13H23N3O2S. The van der Waals surface area contributed by atoms with Gasteiger partial charge in [0.2, 0.25) is 0 Å². The third-order valence-electron chi connectivity index (χ3n) is 2.81. The number of nitrogens with zero attached hydrogens (tertiary/aromatic N) is 2. The highest BCUT2D eigenvalue weighted by atomic mass is 32.2. The van der Waals surface area contributed by atoms with Gasteiger partial charge < -0.3 is 5.32 Å². The highest BCUT2D eigenvalue weighted by molar-refractivity contribution is 7.89. The van der Waals surface area contributed by atoms with Gasteiger partial charge in [-0.05, 0) is 24.6 Å². The van der Waals surface area contributed by atoms with Crippen molar-refractivity contribution in [3.8, 4) is 0 Å². The van der Waals surface area contributed by atoms with Crippen LogP contribution in [0, 0.1) is 0 Å². The van der Waals surface area contributed by atoms with Gasteiger partial charge >= 0.3 is 0 Å². The average Bonchev–Trinajstić information content (AvgIpc) is 2.42. The second-order valence-electron chi connectivity index (χ2n) is 4.28. The Labute approximate surface area is 116 Å². The lowest BCUT2D eigenvalue weighted by Gasteiger charge is -2.19. The normalized spacial score (nSPS) is 12.0. The minimum absolute atomic E-state index is 0.128. The summed E-state index contributed by atoms with van der Waals surface area (Å²) in [6.07, 6.45) is 2.42. The highest BCUT2D eigenvalue weighted by Gasteiger charge is 2.23. The van der Waals surface area contributed by atoms with Crippen LogP contribution in [0.1, 0.15) is 32.8 Å². The summed E-state index contributed by atoms with van der Waals surface area (Å²) in [6.45, 7) is 8.40. The lowest BCUT2D eigenvalue weighted by molar-refractivity contribution is 0.425. The summed E-state index contributed by atoms with van der Waals surface area (Å²) in [6, 6.07) is 3.39. The second-order valence-corrected chi connectivity index (χ2v) is 6.17. The quantitative estimate of drug-likeness (QED) is 0.788. The Hall–Kier alpha value is -0.980. The van der Waals surface area contributed by atoms with Crippen molar-refractivity contribution < 1.29 is 8.42 Å². The summed E-state index contributed by atoms with van der Waals surface area (Å²) in [5.74, 6) is 0. The van der Waals surface area contributed by atoms with Crippen molar-refractivity contribution in [1.82, 2.24) is 14.6 Å². The third kappa shape index (κ3) is 4.26. The Morgan fingerprint density at radius 1 is 1.26 bits per heavy atom. The van der Waals surface area contributed by atoms with Crippen LogP contribution in [-0.2, 0) is 16.6 Å². The second kappa shape index (κ2) is 7.57. The smallest absolute Gasteiger partial charge is 0.260 e. The molecule has 1 heterocycles. The fourth-order valence-corrected chi connectivity index (χ4v) is 3.22. The predicted octanol–water partition coefficient (Wildman–Crippen LogP) is 1.61. The Kier molecular flexibility index (Phi) is 6.41. The molecule has 0 bridgehead atoms. The van der Waals surface area contributed by atoms with Gasteiger partial charge in [0.1, 0.15) is 0 Å². The van der Waals surface area contributed by atoms with E-state index in [9.17, 15) is 8.42 Å². The SMILES string of the molecule is CCCN(CC)S(=O)(=O)c1ccc(CNCC)cn1. The third-order valence-corrected chi connectivity index (χ3v) is 4.70. The minimum atomic E-state index is -3.45. The van der Waals surface area contributed by atoms with Gasteiger partial charge in [-0.2, -0.15) is 4.31 Å². The summed E-state index contributed by atoms with van der Waals surface area (Å²) in [5, 5.41) is 3.30. The monoisotopic (exact) mass is 285 g/mol. The molecule has 0 aliphatic rings. The number of hydrogen-bond donors (Lipinski definition) is 1. The number of pyridine rings is 1. The molecule has 0 aromatic carbocycles. The topological polar surface area (TPSA) is 62.3 Å². The molecule has 0 saturated carbocycles. The van der Waals surface area contributed by atoms with Gasteiger partial charge in [-0.3, -0.25) is 0 Å². The van der Waals surface area contributed by atoms with Gasteiger partial charge in [-0.15, -0.1) is 0 Å². The molecule has 0 aliphatic carbocycles. The average molecular weight is 285 g/mol. The van der Waals surface area contributed by atoms with Crippen LogP contribution < -0.4 is 5.32 Å². The fourth-order valence-electron chi connectivity index (χ4n) is 1.77. The molecule has 1 aromatic heterocycles. The number of hydrogen-bond acceptors (Lipinski definition) is 4. The van der Waals surface area contributed by atoms with Gasteiger partial charge in [-0.25, -0.2) is 13.4 Å². The molecule has 0 atom stereocenters. The molecule has 1 N–H and O–H groups in total. The standard InChI is InChI=1S/C13H23N3O2S/c1-4-9-16(6-3)19(17,18)13-8-7-12(11-15-13)10-14-5-2/h7-8,11,14H,4-6,9-10H2,1-3H3. The molecule has 6 heteroatoms. The molecule has 1 aromatic rings. The van der Waals surface area contributed by atoms with E-state index in [1.54, 1.807) is 12.3 Å². The van der Waals surface area contributed by atoms with Crippen LogP contribution in [0.25, 0.3) is 0 Å². The van der Waals surface area contributed by atoms with Crippen LogP contribution >= 0.6 is 0 Å². The Bertz CT molecular complexity index is 471. The lowest BCUT2D eigenvalue weighted by atomic mass is 10.3. The first-order valence-electron chi connectivity index (χ1n) is 6.72. The van der Waals surface area contributed by atoms with E-state index in [-0.39, 0.29) is 5.03 Å². The molecule has 0 radical (unpaired) electrons. The molecule has 19 heavy (non-hydrogen) atoms. The van der Waals surface area contributed by atoms with E-state index >= 15 is 0 Å². The van der Waals surface area contributed by atoms with Crippen LogP contribution in [-0.4, -0.2) is 37.3 Å². The zero-order valence-corrected chi connectivity index (χ0v) is 12.7. The van der Waals surface area contributed by atoms with Crippen LogP contribution in [0.2, 0.25) is 0 Å². The van der Waals surface area contributed by atoms with Crippen molar-refractivity contribution in [3.05, 3.63) is 23.9 Å². The van der Waals surface area contributed by atoms with E-state index in [1.165, 1.54) is 4.31 Å². The van der Waals surface area contributed by atoms with Crippen LogP contribution in [0.3, 0.4) is 0 Å². The molecule has 108 valence electrons. The summed E-state index contributed by atoms with van der Waals surface area (Å²) in [4.78, 5) is 4.08. The predicted molar refractivity (Wildman–Crippen MR) is 76.3 cm³/mol. The molecule has 1 rings (SSSR count). The first kappa shape index (κ1) is 16.1. The summed E-state index contributed by atoms with van der Waals surface area (Å²) in [7, 11) is -3.45. The maximum absolute atomic E-state index is 12.3. The van der Waals surface area contributed by atoms with Crippen LogP contribution in [0.4, 0.5) is 0 Å². The molecule has 0 unspecified atom stereocenters. The molecule has 0 spiro atoms. The maximum Gasteiger partial charge on any atom is 0.260 e. The van der Waals surface area contributed by atoms with Crippen LogP contribution in [0.15, 0.2) is 23.4 Å². The molecule has 0 saturated heterocycles. The molecule has 5 nitrogen and oxygen atoms in total. The maximum atomic E-state index is 12.3. The van der Waals surface area contributed by atoms with Crippen molar-refractivity contribution in [2.24, 2.45) is 0 Å². The van der Waals surface area contributed by atoms with E-state index in [1.807, 2.05) is 26.8 Å². The number of nitrogens with one attached hydrogen (secondary N) is 1. The summed E-state index contributed by atoms with van der Waals surface area (Å²) >= 11 is 0. The summed E-state index contributed by atoms with van der Waals surface area (Å²) in [5.41, 5.74) is 0.985. The zero-order valence-electron chi connectivity index (χ0n) is 11.9. The van der Waals surface area contributed by atoms with Crippen molar-refractivity contribution in [2.45, 2.75) is 38.8 Å². The van der Waals surface area contributed by atoms with Crippen molar-refractivity contribution >= 4 is 10.0 Å². The van der Waals surface area contributed by atoms with E-state index < -0.39 is 10.0 Å². The molecular weight excluding hydrogens is 262 g/mol. The fraction of sp³-hybridized carbons (Fsp3) is 0.615. The van der Waals surface area contributed by atoms with Crippen molar-refractivity contribution in [3.63, 3.8) is 0 Å².